The highest BCUT2D eigenvalue weighted by atomic mass is 32.1. The summed E-state index contributed by atoms with van der Waals surface area (Å²) in [6.45, 7) is 5.14. The molecule has 2 rings (SSSR count). The molecule has 0 saturated heterocycles. The van der Waals surface area contributed by atoms with Crippen molar-refractivity contribution in [2.24, 2.45) is 0 Å². The van der Waals surface area contributed by atoms with E-state index >= 15 is 0 Å². The standard InChI is InChI=1S/C12H15N3S/c1-3-13-12(11-8-14-16-15-11)10-7-5-4-6-9(10)2/h4-8,12-13H,3H2,1-2H3. The highest BCUT2D eigenvalue weighted by molar-refractivity contribution is 6.99. The van der Waals surface area contributed by atoms with Crippen LogP contribution in [-0.4, -0.2) is 15.3 Å². The van der Waals surface area contributed by atoms with Crippen LogP contribution < -0.4 is 5.32 Å². The van der Waals surface area contributed by atoms with Gasteiger partial charge in [-0.25, -0.2) is 0 Å². The number of nitrogens with zero attached hydrogens (tertiary/aromatic N) is 2. The number of nitrogens with one attached hydrogen (secondary N) is 1. The molecule has 0 bridgehead atoms. The quantitative estimate of drug-likeness (QED) is 0.882. The van der Waals surface area contributed by atoms with E-state index in [1.807, 2.05) is 6.20 Å². The van der Waals surface area contributed by atoms with Crippen molar-refractivity contribution >= 4 is 11.7 Å². The number of aryl methyl sites for hydroxylation is 1. The van der Waals surface area contributed by atoms with Gasteiger partial charge in [0.1, 0.15) is 0 Å². The monoisotopic (exact) mass is 233 g/mol. The van der Waals surface area contributed by atoms with E-state index in [0.29, 0.717) is 0 Å². The maximum atomic E-state index is 4.32. The summed E-state index contributed by atoms with van der Waals surface area (Å²) in [6.07, 6.45) is 1.84. The van der Waals surface area contributed by atoms with Gasteiger partial charge >= 0.3 is 0 Å². The number of benzene rings is 1. The maximum Gasteiger partial charge on any atom is 0.0957 e. The molecule has 0 amide bonds. The van der Waals surface area contributed by atoms with Gasteiger partial charge < -0.3 is 5.32 Å². The predicted molar refractivity (Wildman–Crippen MR) is 66.6 cm³/mol. The van der Waals surface area contributed by atoms with Crippen molar-refractivity contribution < 1.29 is 0 Å². The number of aromatic nitrogens is 2. The van der Waals surface area contributed by atoms with Crippen LogP contribution in [0.4, 0.5) is 0 Å². The molecule has 4 heteroatoms. The Kier molecular flexibility index (Phi) is 3.64. The average molecular weight is 233 g/mol. The van der Waals surface area contributed by atoms with Crippen LogP contribution in [0.1, 0.15) is 29.8 Å². The molecule has 0 fully saturated rings. The van der Waals surface area contributed by atoms with E-state index in [2.05, 4.69) is 52.2 Å². The summed E-state index contributed by atoms with van der Waals surface area (Å²) < 4.78 is 8.39. The first-order chi connectivity index (χ1) is 7.83. The van der Waals surface area contributed by atoms with E-state index in [1.165, 1.54) is 22.9 Å². The third-order valence-corrected chi connectivity index (χ3v) is 3.07. The minimum atomic E-state index is 0.157. The topological polar surface area (TPSA) is 37.8 Å². The summed E-state index contributed by atoms with van der Waals surface area (Å²) in [6, 6.07) is 8.54. The SMILES string of the molecule is CCNC(c1cnsn1)c1ccccc1C. The van der Waals surface area contributed by atoms with Gasteiger partial charge in [-0.2, -0.15) is 8.75 Å². The van der Waals surface area contributed by atoms with E-state index in [1.54, 1.807) is 0 Å². The molecule has 1 heterocycles. The molecule has 16 heavy (non-hydrogen) atoms. The molecule has 2 aromatic rings. The molecule has 0 spiro atoms. The van der Waals surface area contributed by atoms with Gasteiger partial charge in [0.2, 0.25) is 0 Å². The van der Waals surface area contributed by atoms with Gasteiger partial charge in [0.15, 0.2) is 0 Å². The molecule has 1 aromatic heterocycles. The summed E-state index contributed by atoms with van der Waals surface area (Å²) in [5, 5.41) is 3.45. The smallest absolute Gasteiger partial charge is 0.0957 e. The lowest BCUT2D eigenvalue weighted by atomic mass is 9.99. The fraction of sp³-hybridized carbons (Fsp3) is 0.333. The highest BCUT2D eigenvalue weighted by Crippen LogP contribution is 2.23. The van der Waals surface area contributed by atoms with Crippen LogP contribution in [0.5, 0.6) is 0 Å². The third-order valence-electron chi connectivity index (χ3n) is 2.58. The van der Waals surface area contributed by atoms with Crippen LogP contribution in [-0.2, 0) is 0 Å². The van der Waals surface area contributed by atoms with Crippen LogP contribution in [0.25, 0.3) is 0 Å². The Morgan fingerprint density at radius 3 is 2.81 bits per heavy atom. The molecule has 0 aliphatic rings. The number of hydrogen-bond donors (Lipinski definition) is 1. The first kappa shape index (κ1) is 11.2. The lowest BCUT2D eigenvalue weighted by Crippen LogP contribution is -2.22. The summed E-state index contributed by atoms with van der Waals surface area (Å²) >= 11 is 1.25. The number of rotatable bonds is 4. The number of hydrogen-bond acceptors (Lipinski definition) is 4. The first-order valence-electron chi connectivity index (χ1n) is 5.39. The summed E-state index contributed by atoms with van der Waals surface area (Å²) in [7, 11) is 0. The van der Waals surface area contributed by atoms with Crippen LogP contribution in [0.15, 0.2) is 30.5 Å². The molecular weight excluding hydrogens is 218 g/mol. The van der Waals surface area contributed by atoms with Gasteiger partial charge in [-0.1, -0.05) is 31.2 Å². The molecule has 0 saturated carbocycles. The van der Waals surface area contributed by atoms with Crippen LogP contribution in [0.3, 0.4) is 0 Å². The molecule has 1 aromatic carbocycles. The Morgan fingerprint density at radius 1 is 1.38 bits per heavy atom. The summed E-state index contributed by atoms with van der Waals surface area (Å²) in [4.78, 5) is 0. The Labute approximate surface area is 99.9 Å². The molecule has 0 radical (unpaired) electrons. The van der Waals surface area contributed by atoms with Gasteiger partial charge in [-0.3, -0.25) is 0 Å². The van der Waals surface area contributed by atoms with Crippen molar-refractivity contribution in [3.63, 3.8) is 0 Å². The summed E-state index contributed by atoms with van der Waals surface area (Å²) in [5.74, 6) is 0. The molecule has 1 atom stereocenters. The van der Waals surface area contributed by atoms with Crippen LogP contribution >= 0.6 is 11.7 Å². The molecule has 1 N–H and O–H groups in total. The average Bonchev–Trinajstić information content (AvgIpc) is 2.80. The van der Waals surface area contributed by atoms with Gasteiger partial charge in [0.05, 0.1) is 29.7 Å². The van der Waals surface area contributed by atoms with Gasteiger partial charge in [-0.15, -0.1) is 0 Å². The minimum absolute atomic E-state index is 0.157. The second kappa shape index (κ2) is 5.18. The van der Waals surface area contributed by atoms with Gasteiger partial charge in [0, 0.05) is 0 Å². The zero-order chi connectivity index (χ0) is 11.4. The minimum Gasteiger partial charge on any atom is -0.305 e. The van der Waals surface area contributed by atoms with Crippen molar-refractivity contribution in [1.29, 1.82) is 0 Å². The fourth-order valence-corrected chi connectivity index (χ4v) is 2.24. The van der Waals surface area contributed by atoms with E-state index in [0.717, 1.165) is 12.2 Å². The first-order valence-corrected chi connectivity index (χ1v) is 6.12. The van der Waals surface area contributed by atoms with Crippen molar-refractivity contribution in [3.05, 3.63) is 47.3 Å². The van der Waals surface area contributed by atoms with Crippen LogP contribution in [0.2, 0.25) is 0 Å². The van der Waals surface area contributed by atoms with Gasteiger partial charge in [0.25, 0.3) is 0 Å². The Bertz CT molecular complexity index is 439. The van der Waals surface area contributed by atoms with Crippen molar-refractivity contribution in [1.82, 2.24) is 14.1 Å². The van der Waals surface area contributed by atoms with E-state index in [4.69, 9.17) is 0 Å². The van der Waals surface area contributed by atoms with Gasteiger partial charge in [-0.05, 0) is 24.6 Å². The molecular formula is C12H15N3S. The molecule has 84 valence electrons. The summed E-state index contributed by atoms with van der Waals surface area (Å²) in [5.41, 5.74) is 3.56. The lowest BCUT2D eigenvalue weighted by Gasteiger charge is -2.17. The lowest BCUT2D eigenvalue weighted by molar-refractivity contribution is 0.617. The van der Waals surface area contributed by atoms with E-state index in [-0.39, 0.29) is 6.04 Å². The Hall–Kier alpha value is -1.26. The molecule has 0 aliphatic heterocycles. The maximum absolute atomic E-state index is 4.32. The van der Waals surface area contributed by atoms with Crippen molar-refractivity contribution in [3.8, 4) is 0 Å². The zero-order valence-corrected chi connectivity index (χ0v) is 10.3. The largest absolute Gasteiger partial charge is 0.305 e. The molecule has 1 unspecified atom stereocenters. The van der Waals surface area contributed by atoms with E-state index in [9.17, 15) is 0 Å². The van der Waals surface area contributed by atoms with Crippen LogP contribution in [0, 0.1) is 6.92 Å². The Balaban J connectivity index is 2.37. The van der Waals surface area contributed by atoms with Crippen molar-refractivity contribution in [2.45, 2.75) is 19.9 Å². The Morgan fingerprint density at radius 2 is 2.19 bits per heavy atom. The highest BCUT2D eigenvalue weighted by Gasteiger charge is 2.16. The normalized spacial score (nSPS) is 12.6. The predicted octanol–water partition coefficient (Wildman–Crippen LogP) is 2.55. The second-order valence-corrected chi connectivity index (χ2v) is 4.24. The molecule has 0 aliphatic carbocycles. The fourth-order valence-electron chi connectivity index (χ4n) is 1.79. The second-order valence-electron chi connectivity index (χ2n) is 3.68. The van der Waals surface area contributed by atoms with E-state index < -0.39 is 0 Å². The zero-order valence-electron chi connectivity index (χ0n) is 9.47. The third kappa shape index (κ3) is 2.28. The molecule has 3 nitrogen and oxygen atoms in total. The van der Waals surface area contributed by atoms with Crippen molar-refractivity contribution in [2.75, 3.05) is 6.54 Å².